The summed E-state index contributed by atoms with van der Waals surface area (Å²) in [6, 6.07) is 8.61. The van der Waals surface area contributed by atoms with Gasteiger partial charge in [0.25, 0.3) is 0 Å². The van der Waals surface area contributed by atoms with E-state index in [4.69, 9.17) is 5.73 Å². The van der Waals surface area contributed by atoms with Crippen LogP contribution in [0.15, 0.2) is 24.3 Å². The molecule has 2 atom stereocenters. The minimum atomic E-state index is -1.11. The lowest BCUT2D eigenvalue weighted by Gasteiger charge is -2.41. The number of para-hydroxylation sites is 1. The molecule has 2 unspecified atom stereocenters. The Kier molecular flexibility index (Phi) is 3.21. The number of fused-ring (bicyclic) bond motifs is 1. The van der Waals surface area contributed by atoms with Gasteiger partial charge in [-0.25, -0.2) is 0 Å². The maximum Gasteiger partial charge on any atom is 0.325 e. The smallest absolute Gasteiger partial charge is 0.325 e. The quantitative estimate of drug-likeness (QED) is 0.881. The number of carboxylic acid groups (broad SMARTS) is 1. The van der Waals surface area contributed by atoms with E-state index in [0.717, 1.165) is 31.4 Å². The second-order valence-electron chi connectivity index (χ2n) is 6.26. The minimum absolute atomic E-state index is 0.126. The Morgan fingerprint density at radius 3 is 2.75 bits per heavy atom. The molecule has 3 rings (SSSR count). The molecular formula is C16H22N2O2. The summed E-state index contributed by atoms with van der Waals surface area (Å²) in [6.07, 6.45) is 3.98. The first-order valence-electron chi connectivity index (χ1n) is 7.39. The van der Waals surface area contributed by atoms with Crippen LogP contribution >= 0.6 is 0 Å². The third kappa shape index (κ3) is 2.18. The van der Waals surface area contributed by atoms with E-state index >= 15 is 0 Å². The zero-order chi connectivity index (χ0) is 14.3. The molecular weight excluding hydrogens is 252 g/mol. The van der Waals surface area contributed by atoms with Gasteiger partial charge >= 0.3 is 5.97 Å². The van der Waals surface area contributed by atoms with Crippen molar-refractivity contribution in [1.82, 2.24) is 0 Å². The predicted octanol–water partition coefficient (Wildman–Crippen LogP) is 2.02. The highest BCUT2D eigenvalue weighted by Crippen LogP contribution is 2.41. The molecule has 1 aliphatic heterocycles. The summed E-state index contributed by atoms with van der Waals surface area (Å²) in [5, 5.41) is 9.56. The second-order valence-corrected chi connectivity index (χ2v) is 6.26. The molecule has 0 spiro atoms. The zero-order valence-corrected chi connectivity index (χ0v) is 11.9. The fourth-order valence-corrected chi connectivity index (χ4v) is 3.25. The molecule has 1 aromatic carbocycles. The Bertz CT molecular complexity index is 527. The van der Waals surface area contributed by atoms with Gasteiger partial charge in [-0.1, -0.05) is 18.2 Å². The molecule has 1 fully saturated rings. The number of anilines is 1. The van der Waals surface area contributed by atoms with Crippen molar-refractivity contribution in [3.63, 3.8) is 0 Å². The van der Waals surface area contributed by atoms with Crippen LogP contribution in [0, 0.1) is 5.92 Å². The van der Waals surface area contributed by atoms with E-state index in [1.54, 1.807) is 0 Å². The van der Waals surface area contributed by atoms with Crippen molar-refractivity contribution in [2.45, 2.75) is 44.2 Å². The number of benzene rings is 1. The van der Waals surface area contributed by atoms with Crippen molar-refractivity contribution < 1.29 is 9.90 Å². The maximum atomic E-state index is 11.6. The summed E-state index contributed by atoms with van der Waals surface area (Å²) in [5.41, 5.74) is 7.60. The molecule has 1 heterocycles. The summed E-state index contributed by atoms with van der Waals surface area (Å²) in [7, 11) is 0. The molecule has 0 aromatic heterocycles. The highest BCUT2D eigenvalue weighted by Gasteiger charge is 2.50. The van der Waals surface area contributed by atoms with Crippen molar-refractivity contribution in [2.75, 3.05) is 11.4 Å². The number of aryl methyl sites for hydroxylation is 1. The van der Waals surface area contributed by atoms with E-state index < -0.39 is 11.5 Å². The van der Waals surface area contributed by atoms with Crippen molar-refractivity contribution in [3.8, 4) is 0 Å². The fourth-order valence-electron chi connectivity index (χ4n) is 3.25. The maximum absolute atomic E-state index is 11.6. The van der Waals surface area contributed by atoms with Crippen molar-refractivity contribution in [2.24, 2.45) is 11.7 Å². The number of hydrogen-bond acceptors (Lipinski definition) is 3. The van der Waals surface area contributed by atoms with Gasteiger partial charge < -0.3 is 15.7 Å². The van der Waals surface area contributed by atoms with Gasteiger partial charge in [-0.05, 0) is 50.2 Å². The van der Waals surface area contributed by atoms with Gasteiger partial charge in [0.05, 0.1) is 0 Å². The van der Waals surface area contributed by atoms with Gasteiger partial charge in [0, 0.05) is 18.3 Å². The third-order valence-electron chi connectivity index (χ3n) is 4.80. The molecule has 1 aliphatic carbocycles. The third-order valence-corrected chi connectivity index (χ3v) is 4.80. The lowest BCUT2D eigenvalue weighted by atomic mass is 9.89. The molecule has 20 heavy (non-hydrogen) atoms. The number of nitrogens with two attached hydrogens (primary N) is 1. The molecule has 0 radical (unpaired) electrons. The van der Waals surface area contributed by atoms with Crippen LogP contribution in [0.25, 0.3) is 0 Å². The van der Waals surface area contributed by atoms with Gasteiger partial charge in [0.1, 0.15) is 5.54 Å². The number of hydrogen-bond donors (Lipinski definition) is 2. The van der Waals surface area contributed by atoms with E-state index in [1.807, 2.05) is 12.1 Å². The van der Waals surface area contributed by atoms with Crippen molar-refractivity contribution in [3.05, 3.63) is 29.8 Å². The highest BCUT2D eigenvalue weighted by atomic mass is 16.4. The molecule has 1 aromatic rings. The number of rotatable bonds is 4. The first kappa shape index (κ1) is 13.4. The number of carbonyl (C=O) groups is 1. The van der Waals surface area contributed by atoms with Crippen LogP contribution in [-0.2, 0) is 11.2 Å². The van der Waals surface area contributed by atoms with Gasteiger partial charge in [0.2, 0.25) is 0 Å². The lowest BCUT2D eigenvalue weighted by Crippen LogP contribution is -2.60. The van der Waals surface area contributed by atoms with Crippen LogP contribution in [0.2, 0.25) is 0 Å². The summed E-state index contributed by atoms with van der Waals surface area (Å²) < 4.78 is 0. The number of nitrogens with zero attached hydrogens (tertiary/aromatic N) is 1. The van der Waals surface area contributed by atoms with E-state index in [1.165, 1.54) is 5.56 Å². The number of carboxylic acids is 1. The number of aliphatic carboxylic acids is 1. The van der Waals surface area contributed by atoms with Gasteiger partial charge in [-0.15, -0.1) is 0 Å². The van der Waals surface area contributed by atoms with Crippen LogP contribution in [0.5, 0.6) is 0 Å². The largest absolute Gasteiger partial charge is 0.480 e. The molecule has 0 amide bonds. The summed E-state index contributed by atoms with van der Waals surface area (Å²) in [4.78, 5) is 13.8. The molecule has 3 N–H and O–H groups in total. The SMILES string of the molecule is CC1CCc2ccccc2N1CC(N)(C(=O)O)C1CC1. The first-order valence-corrected chi connectivity index (χ1v) is 7.39. The Hall–Kier alpha value is -1.55. The average Bonchev–Trinajstić information content (AvgIpc) is 3.26. The van der Waals surface area contributed by atoms with Gasteiger partial charge in [-0.3, -0.25) is 4.79 Å². The molecule has 2 aliphatic rings. The fraction of sp³-hybridized carbons (Fsp3) is 0.562. The average molecular weight is 274 g/mol. The first-order chi connectivity index (χ1) is 9.52. The highest BCUT2D eigenvalue weighted by molar-refractivity contribution is 5.81. The van der Waals surface area contributed by atoms with E-state index in [9.17, 15) is 9.90 Å². The predicted molar refractivity (Wildman–Crippen MR) is 78.8 cm³/mol. The lowest BCUT2D eigenvalue weighted by molar-refractivity contribution is -0.143. The van der Waals surface area contributed by atoms with Crippen LogP contribution in [0.4, 0.5) is 5.69 Å². The molecule has 108 valence electrons. The molecule has 0 saturated heterocycles. The van der Waals surface area contributed by atoms with Crippen LogP contribution < -0.4 is 10.6 Å². The molecule has 4 nitrogen and oxygen atoms in total. The summed E-state index contributed by atoms with van der Waals surface area (Å²) in [6.45, 7) is 2.57. The molecule has 4 heteroatoms. The minimum Gasteiger partial charge on any atom is -0.480 e. The standard InChI is InChI=1S/C16H22N2O2/c1-11-6-7-12-4-2-3-5-14(12)18(11)10-16(17,15(19)20)13-8-9-13/h2-5,11,13H,6-10,17H2,1H3,(H,19,20). The second kappa shape index (κ2) is 4.77. The van der Waals surface area contributed by atoms with E-state index in [2.05, 4.69) is 24.0 Å². The van der Waals surface area contributed by atoms with E-state index in [-0.39, 0.29) is 5.92 Å². The van der Waals surface area contributed by atoms with Gasteiger partial charge in [0.15, 0.2) is 0 Å². The normalized spacial score (nSPS) is 24.9. The van der Waals surface area contributed by atoms with E-state index in [0.29, 0.717) is 12.6 Å². The van der Waals surface area contributed by atoms with Crippen LogP contribution in [-0.4, -0.2) is 29.2 Å². The topological polar surface area (TPSA) is 66.6 Å². The Labute approximate surface area is 119 Å². The van der Waals surface area contributed by atoms with Crippen molar-refractivity contribution >= 4 is 11.7 Å². The molecule has 0 bridgehead atoms. The summed E-state index contributed by atoms with van der Waals surface area (Å²) >= 11 is 0. The Morgan fingerprint density at radius 1 is 1.40 bits per heavy atom. The summed E-state index contributed by atoms with van der Waals surface area (Å²) in [5.74, 6) is -0.739. The van der Waals surface area contributed by atoms with Crippen LogP contribution in [0.1, 0.15) is 31.7 Å². The van der Waals surface area contributed by atoms with Crippen molar-refractivity contribution in [1.29, 1.82) is 0 Å². The van der Waals surface area contributed by atoms with Crippen LogP contribution in [0.3, 0.4) is 0 Å². The molecule has 1 saturated carbocycles. The zero-order valence-electron chi connectivity index (χ0n) is 11.9. The Balaban J connectivity index is 1.91. The Morgan fingerprint density at radius 2 is 2.10 bits per heavy atom. The monoisotopic (exact) mass is 274 g/mol. The van der Waals surface area contributed by atoms with Gasteiger partial charge in [-0.2, -0.15) is 0 Å².